The summed E-state index contributed by atoms with van der Waals surface area (Å²) in [6.07, 6.45) is -9.02. The SMILES string of the molecule is COC(CCc1ccc(CC(C)C(=O)O)cc1)C(CN(C)Cc1cc(C(F)(F)F)ccc1C(F)(F)F)OCC(C)C. The van der Waals surface area contributed by atoms with Crippen molar-refractivity contribution in [2.45, 2.75) is 71.1 Å². The van der Waals surface area contributed by atoms with Crippen LogP contribution in [-0.2, 0) is 46.0 Å². The van der Waals surface area contributed by atoms with Gasteiger partial charge in [-0.05, 0) is 67.1 Å². The van der Waals surface area contributed by atoms with Gasteiger partial charge >= 0.3 is 18.3 Å². The fourth-order valence-corrected chi connectivity index (χ4v) is 4.48. The molecule has 230 valence electrons. The van der Waals surface area contributed by atoms with Gasteiger partial charge in [-0.15, -0.1) is 0 Å². The molecule has 0 aliphatic carbocycles. The highest BCUT2D eigenvalue weighted by Gasteiger charge is 2.37. The van der Waals surface area contributed by atoms with Crippen molar-refractivity contribution in [3.05, 3.63) is 70.3 Å². The molecule has 0 fully saturated rings. The Balaban J connectivity index is 2.17. The zero-order valence-electron chi connectivity index (χ0n) is 24.0. The van der Waals surface area contributed by atoms with E-state index in [0.29, 0.717) is 44.1 Å². The number of benzene rings is 2. The summed E-state index contributed by atoms with van der Waals surface area (Å²) in [6.45, 7) is 5.68. The van der Waals surface area contributed by atoms with Crippen molar-refractivity contribution >= 4 is 5.97 Å². The number of hydrogen-bond acceptors (Lipinski definition) is 4. The van der Waals surface area contributed by atoms with Gasteiger partial charge in [-0.25, -0.2) is 0 Å². The summed E-state index contributed by atoms with van der Waals surface area (Å²) in [5, 5.41) is 9.11. The molecule has 3 unspecified atom stereocenters. The van der Waals surface area contributed by atoms with Crippen LogP contribution in [0, 0.1) is 11.8 Å². The van der Waals surface area contributed by atoms with Crippen LogP contribution in [0.3, 0.4) is 0 Å². The van der Waals surface area contributed by atoms with E-state index in [4.69, 9.17) is 14.6 Å². The maximum atomic E-state index is 13.6. The number of aliphatic carboxylic acids is 1. The number of carboxylic acid groups (broad SMARTS) is 1. The quantitative estimate of drug-likeness (QED) is 0.224. The molecule has 1 N–H and O–H groups in total. The van der Waals surface area contributed by atoms with Gasteiger partial charge in [0.15, 0.2) is 0 Å². The number of likely N-dealkylation sites (N-methyl/N-ethyl adjacent to an activating group) is 1. The number of nitrogens with zero attached hydrogens (tertiary/aromatic N) is 1. The molecule has 0 heterocycles. The minimum absolute atomic E-state index is 0.130. The maximum Gasteiger partial charge on any atom is 0.416 e. The summed E-state index contributed by atoms with van der Waals surface area (Å²) in [5.74, 6) is -1.20. The molecule has 41 heavy (non-hydrogen) atoms. The summed E-state index contributed by atoms with van der Waals surface area (Å²) in [5.41, 5.74) is -0.821. The first-order chi connectivity index (χ1) is 19.0. The largest absolute Gasteiger partial charge is 0.481 e. The summed E-state index contributed by atoms with van der Waals surface area (Å²) in [4.78, 5) is 12.6. The molecule has 3 atom stereocenters. The van der Waals surface area contributed by atoms with Gasteiger partial charge in [0.2, 0.25) is 0 Å². The third-order valence-corrected chi connectivity index (χ3v) is 6.73. The smallest absolute Gasteiger partial charge is 0.416 e. The minimum Gasteiger partial charge on any atom is -0.481 e. The van der Waals surface area contributed by atoms with Crippen molar-refractivity contribution in [2.24, 2.45) is 11.8 Å². The van der Waals surface area contributed by atoms with Crippen LogP contribution in [0.15, 0.2) is 42.5 Å². The molecule has 11 heteroatoms. The monoisotopic (exact) mass is 591 g/mol. The second-order valence-electron chi connectivity index (χ2n) is 10.9. The third kappa shape index (κ3) is 11.3. The number of carboxylic acids is 1. The Morgan fingerprint density at radius 3 is 2.05 bits per heavy atom. The zero-order valence-corrected chi connectivity index (χ0v) is 24.0. The molecular weight excluding hydrogens is 552 g/mol. The van der Waals surface area contributed by atoms with E-state index < -0.39 is 53.1 Å². The average Bonchev–Trinajstić information content (AvgIpc) is 2.86. The van der Waals surface area contributed by atoms with Gasteiger partial charge in [0.25, 0.3) is 0 Å². The lowest BCUT2D eigenvalue weighted by Gasteiger charge is -2.31. The van der Waals surface area contributed by atoms with Gasteiger partial charge in [-0.1, -0.05) is 45.0 Å². The molecule has 2 aromatic carbocycles. The number of rotatable bonds is 15. The number of hydrogen-bond donors (Lipinski definition) is 1. The number of alkyl halides is 6. The lowest BCUT2D eigenvalue weighted by molar-refractivity contribution is -0.142. The lowest BCUT2D eigenvalue weighted by atomic mass is 9.98. The van der Waals surface area contributed by atoms with E-state index >= 15 is 0 Å². The van der Waals surface area contributed by atoms with Gasteiger partial charge < -0.3 is 14.6 Å². The van der Waals surface area contributed by atoms with Crippen LogP contribution in [0.2, 0.25) is 0 Å². The Bertz CT molecular complexity index is 1100. The second-order valence-corrected chi connectivity index (χ2v) is 10.9. The van der Waals surface area contributed by atoms with E-state index in [1.165, 1.54) is 19.1 Å². The number of methoxy groups -OCH3 is 1. The fourth-order valence-electron chi connectivity index (χ4n) is 4.48. The molecule has 0 spiro atoms. The number of carbonyl (C=O) groups is 1. The molecule has 0 radical (unpaired) electrons. The molecule has 5 nitrogen and oxygen atoms in total. The van der Waals surface area contributed by atoms with Gasteiger partial charge in [0.1, 0.15) is 0 Å². The molecule has 2 rings (SSSR count). The normalized spacial score (nSPS) is 14.9. The molecular formula is C30H39F6NO4. The third-order valence-electron chi connectivity index (χ3n) is 6.73. The summed E-state index contributed by atoms with van der Waals surface area (Å²) >= 11 is 0. The highest BCUT2D eigenvalue weighted by Crippen LogP contribution is 2.37. The van der Waals surface area contributed by atoms with E-state index in [1.807, 2.05) is 38.1 Å². The van der Waals surface area contributed by atoms with Crippen LogP contribution in [0.25, 0.3) is 0 Å². The molecule has 0 aliphatic heterocycles. The molecule has 0 bridgehead atoms. The molecule has 0 aliphatic rings. The van der Waals surface area contributed by atoms with E-state index in [2.05, 4.69) is 0 Å². The van der Waals surface area contributed by atoms with Crippen molar-refractivity contribution in [1.29, 1.82) is 0 Å². The van der Waals surface area contributed by atoms with Crippen LogP contribution in [0.4, 0.5) is 26.3 Å². The van der Waals surface area contributed by atoms with Gasteiger partial charge in [-0.3, -0.25) is 9.69 Å². The first kappa shape index (κ1) is 34.6. The Morgan fingerprint density at radius 1 is 0.927 bits per heavy atom. The van der Waals surface area contributed by atoms with E-state index in [-0.39, 0.29) is 19.0 Å². The highest BCUT2D eigenvalue weighted by molar-refractivity contribution is 5.69. The molecule has 0 saturated carbocycles. The zero-order chi connectivity index (χ0) is 31.0. The molecule has 0 aromatic heterocycles. The van der Waals surface area contributed by atoms with Crippen molar-refractivity contribution in [1.82, 2.24) is 4.90 Å². The average molecular weight is 592 g/mol. The van der Waals surface area contributed by atoms with E-state index in [1.54, 1.807) is 6.92 Å². The predicted molar refractivity (Wildman–Crippen MR) is 143 cm³/mol. The van der Waals surface area contributed by atoms with Gasteiger partial charge in [-0.2, -0.15) is 26.3 Å². The Morgan fingerprint density at radius 2 is 1.54 bits per heavy atom. The van der Waals surface area contributed by atoms with Crippen molar-refractivity contribution in [3.63, 3.8) is 0 Å². The summed E-state index contributed by atoms with van der Waals surface area (Å²) in [7, 11) is 3.05. The maximum absolute atomic E-state index is 13.6. The first-order valence-corrected chi connectivity index (χ1v) is 13.4. The predicted octanol–water partition coefficient (Wildman–Crippen LogP) is 7.11. The van der Waals surface area contributed by atoms with Crippen molar-refractivity contribution in [3.8, 4) is 0 Å². The van der Waals surface area contributed by atoms with E-state index in [0.717, 1.165) is 11.1 Å². The Kier molecular flexibility index (Phi) is 12.7. The minimum atomic E-state index is -4.80. The second kappa shape index (κ2) is 15.0. The van der Waals surface area contributed by atoms with Gasteiger partial charge in [0, 0.05) is 26.8 Å². The molecule has 0 saturated heterocycles. The molecule has 2 aromatic rings. The molecule has 0 amide bonds. The Hall–Kier alpha value is -2.63. The first-order valence-electron chi connectivity index (χ1n) is 13.4. The van der Waals surface area contributed by atoms with Crippen LogP contribution >= 0.6 is 0 Å². The van der Waals surface area contributed by atoms with Crippen LogP contribution in [0.1, 0.15) is 55.0 Å². The van der Waals surface area contributed by atoms with Crippen LogP contribution in [-0.4, -0.2) is 55.5 Å². The topological polar surface area (TPSA) is 59.0 Å². The number of halogens is 6. The summed E-state index contributed by atoms with van der Waals surface area (Å²) in [6, 6.07) is 9.07. The standard InChI is InChI=1S/C30H39F6NO4/c1-19(2)18-41-27(26(40-5)13-10-21-6-8-22(9-7-21)14-20(3)28(38)39)17-37(4)16-23-15-24(29(31,32)33)11-12-25(23)30(34,35)36/h6-9,11-12,15,19-20,26-27H,10,13-14,16-18H2,1-5H3,(H,38,39). The number of aryl methyl sites for hydroxylation is 1. The van der Waals surface area contributed by atoms with Crippen molar-refractivity contribution < 1.29 is 45.7 Å². The van der Waals surface area contributed by atoms with Crippen LogP contribution in [0.5, 0.6) is 0 Å². The van der Waals surface area contributed by atoms with Gasteiger partial charge in [0.05, 0.1) is 29.3 Å². The summed E-state index contributed by atoms with van der Waals surface area (Å²) < 4.78 is 92.3. The van der Waals surface area contributed by atoms with Crippen LogP contribution < -0.4 is 0 Å². The van der Waals surface area contributed by atoms with Crippen molar-refractivity contribution in [2.75, 3.05) is 27.3 Å². The fraction of sp³-hybridized carbons (Fsp3) is 0.567. The lowest BCUT2D eigenvalue weighted by Crippen LogP contribution is -2.41. The highest BCUT2D eigenvalue weighted by atomic mass is 19.4. The van der Waals surface area contributed by atoms with E-state index in [9.17, 15) is 31.1 Å². The Labute approximate surface area is 237 Å². The number of ether oxygens (including phenoxy) is 2.